The van der Waals surface area contributed by atoms with Crippen LogP contribution in [-0.4, -0.2) is 72.3 Å². The first kappa shape index (κ1) is 26.6. The minimum atomic E-state index is -4.31. The van der Waals surface area contributed by atoms with E-state index in [4.69, 9.17) is 5.73 Å². The molecule has 0 bridgehead atoms. The second-order valence-electron chi connectivity index (χ2n) is 10.1. The molecule has 204 valence electrons. The van der Waals surface area contributed by atoms with Crippen molar-refractivity contribution in [1.29, 1.82) is 0 Å². The third kappa shape index (κ3) is 3.92. The summed E-state index contributed by atoms with van der Waals surface area (Å²) in [7, 11) is -6.81. The summed E-state index contributed by atoms with van der Waals surface area (Å²) in [6.45, 7) is 0.962. The van der Waals surface area contributed by atoms with E-state index in [2.05, 4.69) is 9.98 Å². The summed E-state index contributed by atoms with van der Waals surface area (Å²) in [4.78, 5) is 21.0. The first-order valence-corrected chi connectivity index (χ1v) is 14.9. The second-order valence-corrected chi connectivity index (χ2v) is 14.6. The molecule has 3 aliphatic rings. The van der Waals surface area contributed by atoms with Gasteiger partial charge in [-0.2, -0.15) is 4.31 Å². The Morgan fingerprint density at radius 3 is 2.55 bits per heavy atom. The standard InChI is InChI=1S/C24H27F2N5O5S2/c1-23(18-11-15(3-7-19(18)26)12-21(32)20-8-4-16(25)13-28-20)24(38(35,36)30(2)22(27)29-23)9-10-31(14-24)37(33,34)17-5-6-17/h3-4,7-8,11,13,17H,5-6,9-10,12,14H2,1-2H3,(H2,27,29)/t23-,24-/m1/s1. The number of halogens is 2. The Kier molecular flexibility index (Phi) is 6.15. The number of aliphatic imine (C=N–C) groups is 1. The molecular weight excluding hydrogens is 540 g/mol. The molecular formula is C24H27F2N5O5S2. The predicted molar refractivity (Wildman–Crippen MR) is 135 cm³/mol. The summed E-state index contributed by atoms with van der Waals surface area (Å²) < 4.78 is 82.7. The fraction of sp³-hybridized carbons (Fsp3) is 0.458. The van der Waals surface area contributed by atoms with Gasteiger partial charge in [0.1, 0.15) is 27.6 Å². The molecule has 2 fully saturated rings. The number of carbonyl (C=O) groups excluding carboxylic acids is 1. The van der Waals surface area contributed by atoms with Crippen molar-refractivity contribution in [2.24, 2.45) is 10.7 Å². The Bertz CT molecular complexity index is 1560. The van der Waals surface area contributed by atoms with Crippen LogP contribution in [0, 0.1) is 11.6 Å². The van der Waals surface area contributed by atoms with Gasteiger partial charge in [-0.1, -0.05) is 6.07 Å². The molecule has 2 aromatic rings. The highest BCUT2D eigenvalue weighted by atomic mass is 32.2. The number of hydrogen-bond acceptors (Lipinski definition) is 8. The van der Waals surface area contributed by atoms with Crippen LogP contribution in [0.2, 0.25) is 0 Å². The van der Waals surface area contributed by atoms with Crippen molar-refractivity contribution < 1.29 is 30.4 Å². The zero-order valence-electron chi connectivity index (χ0n) is 20.8. The van der Waals surface area contributed by atoms with Gasteiger partial charge in [0.25, 0.3) is 0 Å². The molecule has 3 heterocycles. The van der Waals surface area contributed by atoms with E-state index in [0.29, 0.717) is 18.4 Å². The number of carbonyl (C=O) groups is 1. The number of nitrogens with two attached hydrogens (primary N) is 1. The lowest BCUT2D eigenvalue weighted by atomic mass is 9.77. The highest BCUT2D eigenvalue weighted by Gasteiger charge is 2.67. The van der Waals surface area contributed by atoms with Crippen LogP contribution in [0.1, 0.15) is 47.8 Å². The van der Waals surface area contributed by atoms with Gasteiger partial charge in [-0.3, -0.25) is 9.78 Å². The maximum Gasteiger partial charge on any atom is 0.247 e. The van der Waals surface area contributed by atoms with Crippen molar-refractivity contribution in [3.8, 4) is 0 Å². The van der Waals surface area contributed by atoms with Gasteiger partial charge in [0, 0.05) is 32.1 Å². The van der Waals surface area contributed by atoms with Crippen LogP contribution >= 0.6 is 0 Å². The van der Waals surface area contributed by atoms with Crippen LogP contribution in [0.25, 0.3) is 0 Å². The summed E-state index contributed by atoms with van der Waals surface area (Å²) in [6, 6.07) is 6.18. The Morgan fingerprint density at radius 1 is 1.21 bits per heavy atom. The first-order chi connectivity index (χ1) is 17.7. The van der Waals surface area contributed by atoms with Gasteiger partial charge < -0.3 is 5.73 Å². The summed E-state index contributed by atoms with van der Waals surface area (Å²) in [6.07, 6.45) is 1.59. The number of sulfonamides is 2. The Morgan fingerprint density at radius 2 is 1.92 bits per heavy atom. The van der Waals surface area contributed by atoms with Crippen molar-refractivity contribution in [3.05, 3.63) is 65.0 Å². The molecule has 1 saturated carbocycles. The van der Waals surface area contributed by atoms with E-state index in [-0.39, 0.29) is 36.6 Å². The number of nitrogens with zero attached hydrogens (tertiary/aromatic N) is 4. The minimum Gasteiger partial charge on any atom is -0.369 e. The van der Waals surface area contributed by atoms with Gasteiger partial charge in [-0.25, -0.2) is 34.9 Å². The molecule has 0 radical (unpaired) electrons. The van der Waals surface area contributed by atoms with Gasteiger partial charge in [-0.05, 0) is 56.0 Å². The lowest BCUT2D eigenvalue weighted by Crippen LogP contribution is -2.66. The summed E-state index contributed by atoms with van der Waals surface area (Å²) in [5, 5.41) is -0.548. The quantitative estimate of drug-likeness (QED) is 0.522. The molecule has 1 aliphatic carbocycles. The largest absolute Gasteiger partial charge is 0.369 e. The molecule has 2 N–H and O–H groups in total. The molecule has 1 spiro atoms. The van der Waals surface area contributed by atoms with Crippen molar-refractivity contribution in [2.75, 3.05) is 20.1 Å². The molecule has 5 rings (SSSR count). The van der Waals surface area contributed by atoms with Gasteiger partial charge in [0.15, 0.2) is 5.78 Å². The molecule has 1 saturated heterocycles. The van der Waals surface area contributed by atoms with Crippen LogP contribution < -0.4 is 5.73 Å². The van der Waals surface area contributed by atoms with Crippen molar-refractivity contribution in [3.63, 3.8) is 0 Å². The molecule has 1 aromatic heterocycles. The monoisotopic (exact) mass is 567 g/mol. The number of guanidine groups is 1. The number of Topliss-reactive ketones (excluding diaryl/α,β-unsaturated/α-hetero) is 1. The van der Waals surface area contributed by atoms with Crippen molar-refractivity contribution in [1.82, 2.24) is 13.6 Å². The third-order valence-electron chi connectivity index (χ3n) is 7.84. The van der Waals surface area contributed by atoms with E-state index in [1.54, 1.807) is 0 Å². The van der Waals surface area contributed by atoms with Crippen LogP contribution in [0.15, 0.2) is 41.5 Å². The molecule has 14 heteroatoms. The highest BCUT2D eigenvalue weighted by Crippen LogP contribution is 2.52. The molecule has 2 aliphatic heterocycles. The lowest BCUT2D eigenvalue weighted by Gasteiger charge is -2.48. The molecule has 38 heavy (non-hydrogen) atoms. The average molecular weight is 568 g/mol. The Hall–Kier alpha value is -2.97. The Labute approximate surface area is 219 Å². The summed E-state index contributed by atoms with van der Waals surface area (Å²) in [5.74, 6) is -2.19. The highest BCUT2D eigenvalue weighted by molar-refractivity contribution is 7.91. The molecule has 1 aromatic carbocycles. The average Bonchev–Trinajstić information content (AvgIpc) is 3.62. The van der Waals surface area contributed by atoms with Gasteiger partial charge in [0.05, 0.1) is 11.4 Å². The van der Waals surface area contributed by atoms with Crippen LogP contribution in [-0.2, 0) is 32.0 Å². The topological polar surface area (TPSA) is 143 Å². The van der Waals surface area contributed by atoms with Crippen molar-refractivity contribution in [2.45, 2.75) is 48.1 Å². The lowest BCUT2D eigenvalue weighted by molar-refractivity contribution is 0.0988. The van der Waals surface area contributed by atoms with Gasteiger partial charge in [-0.15, -0.1) is 0 Å². The minimum absolute atomic E-state index is 0.0146. The normalized spacial score (nSPS) is 27.5. The van der Waals surface area contributed by atoms with Gasteiger partial charge in [0.2, 0.25) is 26.0 Å². The van der Waals surface area contributed by atoms with Crippen LogP contribution in [0.3, 0.4) is 0 Å². The smallest absolute Gasteiger partial charge is 0.247 e. The number of aromatic nitrogens is 1. The zero-order valence-corrected chi connectivity index (χ0v) is 22.4. The zero-order chi connectivity index (χ0) is 27.7. The van der Waals surface area contributed by atoms with Gasteiger partial charge >= 0.3 is 0 Å². The van der Waals surface area contributed by atoms with Crippen molar-refractivity contribution >= 4 is 31.8 Å². The second kappa shape index (κ2) is 8.78. The van der Waals surface area contributed by atoms with E-state index >= 15 is 4.39 Å². The van der Waals surface area contributed by atoms with E-state index in [1.165, 1.54) is 32.2 Å². The maximum atomic E-state index is 15.5. The number of ketones is 1. The van der Waals surface area contributed by atoms with Crippen LogP contribution in [0.5, 0.6) is 0 Å². The SMILES string of the molecule is CN1C(N)=N[C@](C)(c2cc(CC(=O)c3ccc(F)cn3)ccc2F)[C@]2(CCN(S(=O)(=O)C3CC3)C2)S1(=O)=O. The van der Waals surface area contributed by atoms with Crippen LogP contribution in [0.4, 0.5) is 8.78 Å². The Balaban J connectivity index is 1.60. The predicted octanol–water partition coefficient (Wildman–Crippen LogP) is 1.53. The fourth-order valence-electron chi connectivity index (χ4n) is 5.37. The van der Waals surface area contributed by atoms with E-state index in [9.17, 15) is 26.0 Å². The molecule has 10 nitrogen and oxygen atoms in total. The first-order valence-electron chi connectivity index (χ1n) is 12.0. The fourth-order valence-corrected chi connectivity index (χ4v) is 9.48. The molecule has 0 unspecified atom stereocenters. The summed E-state index contributed by atoms with van der Waals surface area (Å²) >= 11 is 0. The number of benzene rings is 1. The third-order valence-corrected chi connectivity index (χ3v) is 12.8. The molecule has 0 amide bonds. The van der Waals surface area contributed by atoms with E-state index in [0.717, 1.165) is 26.9 Å². The van der Waals surface area contributed by atoms with E-state index in [1.807, 2.05) is 0 Å². The number of pyridine rings is 1. The van der Waals surface area contributed by atoms with E-state index < -0.39 is 59.5 Å². The maximum absolute atomic E-state index is 15.5. The summed E-state index contributed by atoms with van der Waals surface area (Å²) in [5.41, 5.74) is 4.43. The number of rotatable bonds is 6. The number of hydrogen-bond donors (Lipinski definition) is 1. The molecule has 2 atom stereocenters.